The van der Waals surface area contributed by atoms with E-state index < -0.39 is 10.0 Å². The minimum atomic E-state index is -3.44. The molecule has 1 fully saturated rings. The largest absolute Gasteiger partial charge is 0.310 e. The van der Waals surface area contributed by atoms with Gasteiger partial charge in [-0.3, -0.25) is 4.90 Å². The van der Waals surface area contributed by atoms with E-state index in [9.17, 15) is 8.42 Å². The Morgan fingerprint density at radius 1 is 1.07 bits per heavy atom. The minimum absolute atomic E-state index is 0.434. The first-order valence-electron chi connectivity index (χ1n) is 9.38. The maximum Gasteiger partial charge on any atom is 0.243 e. The van der Waals surface area contributed by atoms with Crippen LogP contribution in [-0.4, -0.2) is 58.1 Å². The summed E-state index contributed by atoms with van der Waals surface area (Å²) >= 11 is 5.32. The van der Waals surface area contributed by atoms with Crippen molar-refractivity contribution in [3.63, 3.8) is 0 Å². The summed E-state index contributed by atoms with van der Waals surface area (Å²) in [6.07, 6.45) is 6.08. The number of benzene rings is 1. The molecule has 9 heteroatoms. The molecule has 0 saturated carbocycles. The molecule has 146 valence electrons. The van der Waals surface area contributed by atoms with Crippen molar-refractivity contribution in [1.29, 1.82) is 0 Å². The normalized spacial score (nSPS) is 19.1. The van der Waals surface area contributed by atoms with E-state index in [0.29, 0.717) is 42.5 Å². The molecule has 1 aromatic heterocycles. The summed E-state index contributed by atoms with van der Waals surface area (Å²) in [5.74, 6) is 0. The lowest BCUT2D eigenvalue weighted by atomic mass is 9.92. The molecule has 0 atom stereocenters. The average molecular weight is 408 g/mol. The van der Waals surface area contributed by atoms with Crippen molar-refractivity contribution in [3.05, 3.63) is 40.4 Å². The summed E-state index contributed by atoms with van der Waals surface area (Å²) < 4.78 is 32.0. The molecule has 1 saturated heterocycles. The van der Waals surface area contributed by atoms with Crippen LogP contribution >= 0.6 is 12.2 Å². The highest BCUT2D eigenvalue weighted by Gasteiger charge is 2.29. The Balaban J connectivity index is 1.44. The minimum Gasteiger partial charge on any atom is -0.310 e. The third kappa shape index (κ3) is 3.73. The molecule has 0 spiro atoms. The lowest BCUT2D eigenvalue weighted by Gasteiger charge is -2.33. The lowest BCUT2D eigenvalue weighted by Crippen LogP contribution is -2.49. The number of nitrogens with zero attached hydrogens (tertiary/aromatic N) is 5. The van der Waals surface area contributed by atoms with Gasteiger partial charge in [-0.2, -0.15) is 9.40 Å². The van der Waals surface area contributed by atoms with Gasteiger partial charge >= 0.3 is 0 Å². The number of aryl methyl sites for hydroxylation is 3. The van der Waals surface area contributed by atoms with E-state index in [1.165, 1.54) is 17.5 Å². The third-order valence-corrected chi connectivity index (χ3v) is 7.90. The molecule has 2 aromatic rings. The Hall–Kier alpha value is -1.55. The summed E-state index contributed by atoms with van der Waals surface area (Å²) in [6.45, 7) is 2.90. The maximum atomic E-state index is 13.1. The first kappa shape index (κ1) is 18.8. The van der Waals surface area contributed by atoms with Gasteiger partial charge in [0.25, 0.3) is 0 Å². The topological polar surface area (TPSA) is 63.4 Å². The first-order chi connectivity index (χ1) is 12.9. The van der Waals surface area contributed by atoms with Crippen molar-refractivity contribution in [2.45, 2.75) is 37.2 Å². The van der Waals surface area contributed by atoms with Crippen LogP contribution in [0, 0.1) is 4.77 Å². The molecule has 1 aliphatic carbocycles. The molecule has 2 heterocycles. The van der Waals surface area contributed by atoms with Gasteiger partial charge in [-0.05, 0) is 61.2 Å². The predicted molar refractivity (Wildman–Crippen MR) is 105 cm³/mol. The fourth-order valence-corrected chi connectivity index (χ4v) is 5.46. The summed E-state index contributed by atoms with van der Waals surface area (Å²) in [6, 6.07) is 5.67. The summed E-state index contributed by atoms with van der Waals surface area (Å²) in [4.78, 5) is 2.62. The molecule has 2 aliphatic rings. The van der Waals surface area contributed by atoms with Gasteiger partial charge in [0.05, 0.1) is 11.6 Å². The Bertz CT molecular complexity index is 987. The average Bonchev–Trinajstić information content (AvgIpc) is 3.00. The molecule has 1 aliphatic heterocycles. The molecule has 0 N–H and O–H groups in total. The van der Waals surface area contributed by atoms with Gasteiger partial charge in [0.15, 0.2) is 4.77 Å². The molecule has 0 radical (unpaired) electrons. The second kappa shape index (κ2) is 7.46. The number of aromatic nitrogens is 3. The molecule has 7 nitrogen and oxygen atoms in total. The summed E-state index contributed by atoms with van der Waals surface area (Å²) in [5, 5.41) is 4.27. The van der Waals surface area contributed by atoms with E-state index in [0.717, 1.165) is 19.3 Å². The first-order valence-corrected chi connectivity index (χ1v) is 11.2. The monoisotopic (exact) mass is 407 g/mol. The van der Waals surface area contributed by atoms with E-state index in [-0.39, 0.29) is 0 Å². The Kier molecular flexibility index (Phi) is 5.19. The fourth-order valence-electron chi connectivity index (χ4n) is 3.84. The van der Waals surface area contributed by atoms with Crippen LogP contribution in [0.25, 0.3) is 0 Å². The van der Waals surface area contributed by atoms with Crippen LogP contribution in [0.5, 0.6) is 0 Å². The number of fused-ring (bicyclic) bond motifs is 1. The van der Waals surface area contributed by atoms with Crippen molar-refractivity contribution in [2.75, 3.05) is 26.2 Å². The zero-order valence-corrected chi connectivity index (χ0v) is 17.2. The second-order valence-corrected chi connectivity index (χ2v) is 9.63. The van der Waals surface area contributed by atoms with E-state index in [1.54, 1.807) is 25.9 Å². The van der Waals surface area contributed by atoms with Gasteiger partial charge in [0.1, 0.15) is 6.33 Å². The molecule has 0 bridgehead atoms. The molecular weight excluding hydrogens is 382 g/mol. The van der Waals surface area contributed by atoms with Gasteiger partial charge in [0.2, 0.25) is 10.0 Å². The van der Waals surface area contributed by atoms with Crippen molar-refractivity contribution in [2.24, 2.45) is 7.05 Å². The quantitative estimate of drug-likeness (QED) is 0.723. The van der Waals surface area contributed by atoms with E-state index in [4.69, 9.17) is 12.2 Å². The van der Waals surface area contributed by atoms with Crippen molar-refractivity contribution in [1.82, 2.24) is 23.6 Å². The second-order valence-electron chi connectivity index (χ2n) is 7.33. The van der Waals surface area contributed by atoms with E-state index >= 15 is 0 Å². The maximum absolute atomic E-state index is 13.1. The molecule has 0 amide bonds. The number of piperazine rings is 1. The number of hydrogen-bond acceptors (Lipinski definition) is 5. The van der Waals surface area contributed by atoms with Crippen LogP contribution in [0.15, 0.2) is 29.4 Å². The van der Waals surface area contributed by atoms with E-state index in [2.05, 4.69) is 10.00 Å². The highest BCUT2D eigenvalue weighted by Crippen LogP contribution is 2.26. The van der Waals surface area contributed by atoms with Gasteiger partial charge < -0.3 is 4.57 Å². The van der Waals surface area contributed by atoms with Crippen LogP contribution in [0.2, 0.25) is 0 Å². The van der Waals surface area contributed by atoms with Crippen LogP contribution in [0.4, 0.5) is 0 Å². The predicted octanol–water partition coefficient (Wildman–Crippen LogP) is 1.79. The molecule has 0 unspecified atom stereocenters. The Labute approximate surface area is 165 Å². The van der Waals surface area contributed by atoms with Crippen LogP contribution in [0.1, 0.15) is 24.0 Å². The SMILES string of the molecule is Cn1cnn(CN2CCN(S(=O)(=O)c3ccc4c(c3)CCCC4)CC2)c1=S. The molecular formula is C18H25N5O2S2. The van der Waals surface area contributed by atoms with Crippen molar-refractivity contribution < 1.29 is 8.42 Å². The highest BCUT2D eigenvalue weighted by molar-refractivity contribution is 7.89. The lowest BCUT2D eigenvalue weighted by molar-refractivity contribution is 0.144. The van der Waals surface area contributed by atoms with Gasteiger partial charge in [-0.15, -0.1) is 0 Å². The Morgan fingerprint density at radius 3 is 2.44 bits per heavy atom. The smallest absolute Gasteiger partial charge is 0.243 e. The third-order valence-electron chi connectivity index (χ3n) is 5.51. The zero-order valence-electron chi connectivity index (χ0n) is 15.5. The summed E-state index contributed by atoms with van der Waals surface area (Å²) in [5.41, 5.74) is 2.50. The highest BCUT2D eigenvalue weighted by atomic mass is 32.2. The fraction of sp³-hybridized carbons (Fsp3) is 0.556. The number of rotatable bonds is 4. The van der Waals surface area contributed by atoms with Gasteiger partial charge in [-0.25, -0.2) is 13.1 Å². The van der Waals surface area contributed by atoms with E-state index in [1.807, 2.05) is 19.2 Å². The van der Waals surface area contributed by atoms with Crippen LogP contribution < -0.4 is 0 Å². The van der Waals surface area contributed by atoms with Gasteiger partial charge in [-0.1, -0.05) is 6.07 Å². The van der Waals surface area contributed by atoms with Gasteiger partial charge in [0, 0.05) is 33.2 Å². The molecule has 27 heavy (non-hydrogen) atoms. The number of hydrogen-bond donors (Lipinski definition) is 0. The number of sulfonamides is 1. The molecule has 4 rings (SSSR count). The zero-order chi connectivity index (χ0) is 19.0. The molecule has 1 aromatic carbocycles. The standard InChI is InChI=1S/C18H25N5O2S2/c1-20-13-19-23(18(20)26)14-21-8-10-22(11-9-21)27(24,25)17-7-6-15-4-2-3-5-16(15)12-17/h6-7,12-13H,2-5,8-11,14H2,1H3. The van der Waals surface area contributed by atoms with Crippen molar-refractivity contribution in [3.8, 4) is 0 Å². The van der Waals surface area contributed by atoms with Crippen molar-refractivity contribution >= 4 is 22.2 Å². The van der Waals surface area contributed by atoms with Crippen LogP contribution in [0.3, 0.4) is 0 Å². The summed E-state index contributed by atoms with van der Waals surface area (Å²) in [7, 11) is -1.57. The Morgan fingerprint density at radius 2 is 1.78 bits per heavy atom. The van der Waals surface area contributed by atoms with Crippen LogP contribution in [-0.2, 0) is 36.6 Å².